The number of carbonyl (C=O) groups excluding carboxylic acids is 2. The molecular weight excluding hydrogens is 514 g/mol. The first-order chi connectivity index (χ1) is 18.5. The maximum Gasteiger partial charge on any atom is 0.410 e. The first kappa shape index (κ1) is 30.9. The smallest absolute Gasteiger partial charge is 0.410 e. The number of hydrogen-bond acceptors (Lipinski definition) is 8. The number of nitrogens with one attached hydrogen (secondary N) is 1. The van der Waals surface area contributed by atoms with Gasteiger partial charge in [-0.1, -0.05) is 34.6 Å². The Bertz CT molecular complexity index is 1180. The summed E-state index contributed by atoms with van der Waals surface area (Å²) in [7, 11) is 0. The van der Waals surface area contributed by atoms with Crippen molar-refractivity contribution < 1.29 is 28.6 Å². The molecule has 0 bridgehead atoms. The summed E-state index contributed by atoms with van der Waals surface area (Å²) < 4.78 is 11.0. The van der Waals surface area contributed by atoms with Crippen molar-refractivity contribution in [1.29, 1.82) is 0 Å². The number of aliphatic carboxylic acids is 1. The Balaban J connectivity index is 1.99. The molecule has 1 aliphatic rings. The summed E-state index contributed by atoms with van der Waals surface area (Å²) >= 11 is 0. The molecule has 11 nitrogen and oxygen atoms in total. The van der Waals surface area contributed by atoms with E-state index in [1.165, 1.54) is 11.1 Å². The number of hydrogen-bond donors (Lipinski definition) is 2. The average Bonchev–Trinajstić information content (AvgIpc) is 3.37. The Kier molecular flexibility index (Phi) is 9.48. The molecule has 40 heavy (non-hydrogen) atoms. The predicted octanol–water partition coefficient (Wildman–Crippen LogP) is 4.79. The van der Waals surface area contributed by atoms with Gasteiger partial charge in [-0.3, -0.25) is 9.59 Å². The van der Waals surface area contributed by atoms with Gasteiger partial charge in [0, 0.05) is 31.2 Å². The molecule has 1 fully saturated rings. The topological polar surface area (TPSA) is 138 Å². The van der Waals surface area contributed by atoms with Gasteiger partial charge in [0.15, 0.2) is 0 Å². The van der Waals surface area contributed by atoms with Crippen molar-refractivity contribution >= 4 is 23.8 Å². The lowest BCUT2D eigenvalue weighted by Crippen LogP contribution is -2.56. The van der Waals surface area contributed by atoms with E-state index < -0.39 is 29.6 Å². The van der Waals surface area contributed by atoms with E-state index in [4.69, 9.17) is 14.1 Å². The maximum atomic E-state index is 14.2. The van der Waals surface area contributed by atoms with Crippen LogP contribution >= 0.6 is 0 Å². The molecule has 0 spiro atoms. The minimum absolute atomic E-state index is 0.0177. The Labute approximate surface area is 236 Å². The highest BCUT2D eigenvalue weighted by molar-refractivity contribution is 5.98. The molecule has 1 aliphatic heterocycles. The van der Waals surface area contributed by atoms with Crippen LogP contribution in [0.25, 0.3) is 0 Å². The molecule has 0 unspecified atom stereocenters. The fourth-order valence-electron chi connectivity index (χ4n) is 4.52. The number of amides is 2. The molecule has 3 heterocycles. The fourth-order valence-corrected chi connectivity index (χ4v) is 4.52. The van der Waals surface area contributed by atoms with Crippen LogP contribution in [0.2, 0.25) is 0 Å². The van der Waals surface area contributed by atoms with E-state index in [0.717, 1.165) is 0 Å². The zero-order valence-electron chi connectivity index (χ0n) is 24.9. The van der Waals surface area contributed by atoms with Crippen LogP contribution in [0.4, 0.5) is 10.6 Å². The van der Waals surface area contributed by atoms with Crippen molar-refractivity contribution in [3.8, 4) is 0 Å². The number of likely N-dealkylation sites (tertiary alicyclic amines) is 1. The van der Waals surface area contributed by atoms with Gasteiger partial charge in [-0.15, -0.1) is 0 Å². The SMILES string of the molecule is CC(C)CN(C(=O)c1cnc(C(C)(C)C)nc1NCc1ccco1)[C@@H]1C[C@H](C(=O)O)CN(C(=O)OC(C)(C)C)C1. The van der Waals surface area contributed by atoms with Gasteiger partial charge in [-0.2, -0.15) is 0 Å². The highest BCUT2D eigenvalue weighted by Gasteiger charge is 2.40. The number of carboxylic acid groups (broad SMARTS) is 1. The molecule has 220 valence electrons. The van der Waals surface area contributed by atoms with Gasteiger partial charge >= 0.3 is 12.1 Å². The highest BCUT2D eigenvalue weighted by atomic mass is 16.6. The monoisotopic (exact) mass is 557 g/mol. The second-order valence-electron chi connectivity index (χ2n) is 12.8. The van der Waals surface area contributed by atoms with Crippen molar-refractivity contribution in [2.45, 2.75) is 85.4 Å². The standard InChI is InChI=1S/C29H43N5O6/c1-18(2)15-34(20-12-19(25(36)37)16-33(17-20)27(38)40-29(6,7)8)24(35)22-14-31-26(28(3,4)5)32-23(22)30-13-21-10-9-11-39-21/h9-11,14,18-20H,12-13,15-17H2,1-8H3,(H,36,37)(H,30,31,32)/t19-,20+/m0/s1. The van der Waals surface area contributed by atoms with Gasteiger partial charge in [0.2, 0.25) is 0 Å². The number of ether oxygens (including phenoxy) is 1. The maximum absolute atomic E-state index is 14.2. The number of aromatic nitrogens is 2. The number of piperidine rings is 1. The lowest BCUT2D eigenvalue weighted by molar-refractivity contribution is -0.144. The van der Waals surface area contributed by atoms with E-state index >= 15 is 0 Å². The Morgan fingerprint density at radius 3 is 2.45 bits per heavy atom. The zero-order chi connectivity index (χ0) is 29.8. The van der Waals surface area contributed by atoms with Crippen molar-refractivity contribution in [2.24, 2.45) is 11.8 Å². The van der Waals surface area contributed by atoms with E-state index in [1.807, 2.05) is 40.7 Å². The number of carbonyl (C=O) groups is 3. The van der Waals surface area contributed by atoms with Crippen molar-refractivity contribution in [1.82, 2.24) is 19.8 Å². The van der Waals surface area contributed by atoms with Crippen LogP contribution in [0, 0.1) is 11.8 Å². The molecule has 2 amide bonds. The minimum atomic E-state index is -1.02. The van der Waals surface area contributed by atoms with Crippen molar-refractivity contribution in [3.63, 3.8) is 0 Å². The van der Waals surface area contributed by atoms with Crippen LogP contribution in [-0.4, -0.2) is 74.1 Å². The highest BCUT2D eigenvalue weighted by Crippen LogP contribution is 2.28. The van der Waals surface area contributed by atoms with Gasteiger partial charge in [0.05, 0.1) is 24.8 Å². The van der Waals surface area contributed by atoms with Crippen LogP contribution in [0.3, 0.4) is 0 Å². The van der Waals surface area contributed by atoms with Gasteiger partial charge in [-0.25, -0.2) is 14.8 Å². The molecule has 0 aromatic carbocycles. The predicted molar refractivity (Wildman–Crippen MR) is 150 cm³/mol. The summed E-state index contributed by atoms with van der Waals surface area (Å²) in [6.07, 6.45) is 2.71. The summed E-state index contributed by atoms with van der Waals surface area (Å²) in [6.45, 7) is 16.1. The Hall–Kier alpha value is -3.63. The number of carboxylic acids is 1. The van der Waals surface area contributed by atoms with Crippen molar-refractivity contribution in [2.75, 3.05) is 25.0 Å². The van der Waals surface area contributed by atoms with Crippen LogP contribution in [0.1, 0.15) is 83.8 Å². The van der Waals surface area contributed by atoms with Gasteiger partial charge in [0.1, 0.15) is 28.6 Å². The molecule has 2 aromatic heterocycles. The third kappa shape index (κ3) is 8.19. The third-order valence-corrected chi connectivity index (χ3v) is 6.39. The van der Waals surface area contributed by atoms with Gasteiger partial charge in [-0.05, 0) is 45.2 Å². The molecule has 2 atom stereocenters. The summed E-state index contributed by atoms with van der Waals surface area (Å²) in [5.74, 6) is -0.503. The molecule has 2 N–H and O–H groups in total. The fraction of sp³-hybridized carbons (Fsp3) is 0.621. The molecule has 1 saturated heterocycles. The quantitative estimate of drug-likeness (QED) is 0.469. The van der Waals surface area contributed by atoms with E-state index in [2.05, 4.69) is 10.3 Å². The molecule has 11 heteroatoms. The number of rotatable bonds is 8. The molecular formula is C29H43N5O6. The van der Waals surface area contributed by atoms with Crippen LogP contribution in [0.15, 0.2) is 29.0 Å². The average molecular weight is 558 g/mol. The first-order valence-corrected chi connectivity index (χ1v) is 13.7. The van der Waals surface area contributed by atoms with Gasteiger partial charge < -0.3 is 29.4 Å². The molecule has 0 aliphatic carbocycles. The van der Waals surface area contributed by atoms with Gasteiger partial charge in [0.25, 0.3) is 5.91 Å². The van der Waals surface area contributed by atoms with E-state index in [0.29, 0.717) is 30.5 Å². The number of furan rings is 1. The Morgan fingerprint density at radius 2 is 1.90 bits per heavy atom. The van der Waals surface area contributed by atoms with E-state index in [9.17, 15) is 19.5 Å². The van der Waals surface area contributed by atoms with Crippen LogP contribution in [-0.2, 0) is 21.5 Å². The second-order valence-corrected chi connectivity index (χ2v) is 12.8. The molecule has 3 rings (SSSR count). The normalized spacial score (nSPS) is 18.0. The summed E-state index contributed by atoms with van der Waals surface area (Å²) in [5, 5.41) is 13.1. The molecule has 2 aromatic rings. The summed E-state index contributed by atoms with van der Waals surface area (Å²) in [5.41, 5.74) is -0.829. The zero-order valence-corrected chi connectivity index (χ0v) is 24.9. The lowest BCUT2D eigenvalue weighted by Gasteiger charge is -2.42. The number of nitrogens with zero attached hydrogens (tertiary/aromatic N) is 4. The number of anilines is 1. The minimum Gasteiger partial charge on any atom is -0.481 e. The molecule has 0 saturated carbocycles. The Morgan fingerprint density at radius 1 is 1.20 bits per heavy atom. The van der Waals surface area contributed by atoms with Crippen molar-refractivity contribution in [3.05, 3.63) is 41.7 Å². The van der Waals surface area contributed by atoms with Crippen LogP contribution in [0.5, 0.6) is 0 Å². The second kappa shape index (κ2) is 12.3. The largest absolute Gasteiger partial charge is 0.481 e. The van der Waals surface area contributed by atoms with Crippen LogP contribution < -0.4 is 5.32 Å². The van der Waals surface area contributed by atoms with E-state index in [-0.39, 0.29) is 42.3 Å². The molecule has 0 radical (unpaired) electrons. The van der Waals surface area contributed by atoms with E-state index in [1.54, 1.807) is 38.0 Å². The third-order valence-electron chi connectivity index (χ3n) is 6.39. The lowest BCUT2D eigenvalue weighted by atomic mass is 9.92. The summed E-state index contributed by atoms with van der Waals surface area (Å²) in [6, 6.07) is 3.06. The summed E-state index contributed by atoms with van der Waals surface area (Å²) in [4.78, 5) is 51.5. The first-order valence-electron chi connectivity index (χ1n) is 13.7.